The second-order valence-electron chi connectivity index (χ2n) is 4.56. The van der Waals surface area contributed by atoms with Gasteiger partial charge in [-0.15, -0.1) is 0 Å². The minimum atomic E-state index is -4.79. The molecular formula is C15H8F3NO3. The number of alkyl halides is 3. The molecule has 0 fully saturated rings. The second-order valence-corrected chi connectivity index (χ2v) is 4.56. The second kappa shape index (κ2) is 4.87. The Balaban J connectivity index is 2.21. The molecule has 4 nitrogen and oxygen atoms in total. The molecule has 0 atom stereocenters. The molecule has 2 heterocycles. The van der Waals surface area contributed by atoms with Crippen molar-refractivity contribution in [2.24, 2.45) is 0 Å². The van der Waals surface area contributed by atoms with Crippen LogP contribution in [0.3, 0.4) is 0 Å². The van der Waals surface area contributed by atoms with Crippen molar-refractivity contribution in [2.45, 2.75) is 6.18 Å². The molecule has 0 spiro atoms. The van der Waals surface area contributed by atoms with Crippen molar-refractivity contribution in [3.63, 3.8) is 0 Å². The Morgan fingerprint density at radius 2 is 2.00 bits per heavy atom. The van der Waals surface area contributed by atoms with Crippen molar-refractivity contribution in [3.05, 3.63) is 59.6 Å². The molecule has 0 saturated heterocycles. The van der Waals surface area contributed by atoms with Crippen LogP contribution in [0.5, 0.6) is 11.5 Å². The molecule has 1 aromatic heterocycles. The number of aromatic nitrogens is 1. The predicted octanol–water partition coefficient (Wildman–Crippen LogP) is 3.34. The number of benzene rings is 1. The zero-order valence-electron chi connectivity index (χ0n) is 10.9. The molecule has 0 unspecified atom stereocenters. The Bertz CT molecular complexity index is 782. The van der Waals surface area contributed by atoms with Gasteiger partial charge in [0.25, 0.3) is 0 Å². The van der Waals surface area contributed by atoms with Crippen LogP contribution in [0.2, 0.25) is 0 Å². The van der Waals surface area contributed by atoms with Gasteiger partial charge in [-0.2, -0.15) is 13.2 Å². The number of nitrogens with zero attached hydrogens (tertiary/aromatic N) is 1. The average molecular weight is 307 g/mol. The van der Waals surface area contributed by atoms with Crippen LogP contribution in [-0.4, -0.2) is 22.1 Å². The Kier molecular flexibility index (Phi) is 3.13. The van der Waals surface area contributed by atoms with Gasteiger partial charge in [-0.25, -0.2) is 0 Å². The fourth-order valence-electron chi connectivity index (χ4n) is 2.16. The van der Waals surface area contributed by atoms with Crippen molar-refractivity contribution >= 4 is 11.4 Å². The molecular weight excluding hydrogens is 299 g/mol. The largest absolute Gasteiger partial charge is 0.508 e. The Labute approximate surface area is 122 Å². The first-order valence-corrected chi connectivity index (χ1v) is 6.15. The summed E-state index contributed by atoms with van der Waals surface area (Å²) in [4.78, 5) is 15.8. The zero-order chi connectivity index (χ0) is 15.9. The molecule has 1 aromatic carbocycles. The van der Waals surface area contributed by atoms with Crippen LogP contribution < -0.4 is 4.74 Å². The summed E-state index contributed by atoms with van der Waals surface area (Å²) in [6.45, 7) is 0. The van der Waals surface area contributed by atoms with E-state index in [0.717, 1.165) is 12.3 Å². The molecule has 112 valence electrons. The van der Waals surface area contributed by atoms with Gasteiger partial charge in [0.15, 0.2) is 5.76 Å². The van der Waals surface area contributed by atoms with E-state index in [4.69, 9.17) is 4.74 Å². The Hall–Kier alpha value is -2.83. The summed E-state index contributed by atoms with van der Waals surface area (Å²) in [5.74, 6) is -2.01. The molecule has 0 radical (unpaired) electrons. The third-order valence-electron chi connectivity index (χ3n) is 3.09. The first-order chi connectivity index (χ1) is 10.4. The Morgan fingerprint density at radius 1 is 1.23 bits per heavy atom. The molecule has 1 N–H and O–H groups in total. The SMILES string of the molecule is O=C1C(=C(c2cccnc2)C(F)(F)F)Oc2cc(O)ccc21. The molecule has 1 aliphatic heterocycles. The van der Waals surface area contributed by atoms with Crippen LogP contribution in [0.25, 0.3) is 5.57 Å². The highest BCUT2D eigenvalue weighted by Crippen LogP contribution is 2.42. The van der Waals surface area contributed by atoms with Crippen molar-refractivity contribution in [3.8, 4) is 11.5 Å². The number of hydrogen-bond acceptors (Lipinski definition) is 4. The van der Waals surface area contributed by atoms with Gasteiger partial charge in [0.1, 0.15) is 17.1 Å². The molecule has 0 aliphatic carbocycles. The van der Waals surface area contributed by atoms with E-state index in [1.807, 2.05) is 0 Å². The van der Waals surface area contributed by atoms with Crippen LogP contribution in [0, 0.1) is 0 Å². The van der Waals surface area contributed by atoms with Gasteiger partial charge in [-0.1, -0.05) is 6.07 Å². The summed E-state index contributed by atoms with van der Waals surface area (Å²) < 4.78 is 45.2. The average Bonchev–Trinajstić information content (AvgIpc) is 2.75. The summed E-state index contributed by atoms with van der Waals surface area (Å²) in [6.07, 6.45) is -2.46. The lowest BCUT2D eigenvalue weighted by atomic mass is 10.0. The fourth-order valence-corrected chi connectivity index (χ4v) is 2.16. The number of allylic oxidation sites excluding steroid dienone is 2. The lowest BCUT2D eigenvalue weighted by Crippen LogP contribution is -2.17. The van der Waals surface area contributed by atoms with E-state index in [1.54, 1.807) is 0 Å². The maximum atomic E-state index is 13.4. The lowest BCUT2D eigenvalue weighted by Gasteiger charge is -2.13. The summed E-state index contributed by atoms with van der Waals surface area (Å²) in [6, 6.07) is 6.05. The number of ether oxygens (including phenoxy) is 1. The van der Waals surface area contributed by atoms with Gasteiger partial charge in [0.05, 0.1) is 5.56 Å². The first kappa shape index (κ1) is 14.1. The van der Waals surface area contributed by atoms with Gasteiger partial charge in [-0.3, -0.25) is 9.78 Å². The van der Waals surface area contributed by atoms with Gasteiger partial charge >= 0.3 is 6.18 Å². The van der Waals surface area contributed by atoms with Crippen LogP contribution in [-0.2, 0) is 0 Å². The van der Waals surface area contributed by atoms with Crippen molar-refractivity contribution in [2.75, 3.05) is 0 Å². The number of phenolic OH excluding ortho intramolecular Hbond substituents is 1. The van der Waals surface area contributed by atoms with E-state index in [-0.39, 0.29) is 22.6 Å². The number of carbonyl (C=O) groups excluding carboxylic acids is 1. The number of ketones is 1. The Morgan fingerprint density at radius 3 is 2.64 bits per heavy atom. The topological polar surface area (TPSA) is 59.4 Å². The smallest absolute Gasteiger partial charge is 0.420 e. The minimum absolute atomic E-state index is 0.0292. The van der Waals surface area contributed by atoms with E-state index in [0.29, 0.717) is 0 Å². The molecule has 7 heteroatoms. The maximum Gasteiger partial charge on any atom is 0.420 e. The normalized spacial score (nSPS) is 16.2. The number of pyridine rings is 1. The number of Topliss-reactive ketones (excluding diaryl/α,β-unsaturated/α-hetero) is 1. The number of hydrogen-bond donors (Lipinski definition) is 1. The fraction of sp³-hybridized carbons (Fsp3) is 0.0667. The number of phenols is 1. The number of fused-ring (bicyclic) bond motifs is 1. The first-order valence-electron chi connectivity index (χ1n) is 6.15. The molecule has 3 rings (SSSR count). The number of halogens is 3. The van der Waals surface area contributed by atoms with E-state index < -0.39 is 23.3 Å². The van der Waals surface area contributed by atoms with Crippen LogP contribution in [0.4, 0.5) is 13.2 Å². The third kappa shape index (κ3) is 2.30. The minimum Gasteiger partial charge on any atom is -0.508 e. The van der Waals surface area contributed by atoms with Gasteiger partial charge < -0.3 is 9.84 Å². The van der Waals surface area contributed by atoms with Crippen molar-refractivity contribution < 1.29 is 27.8 Å². The lowest BCUT2D eigenvalue weighted by molar-refractivity contribution is -0.0703. The van der Waals surface area contributed by atoms with Crippen LogP contribution >= 0.6 is 0 Å². The number of carbonyl (C=O) groups is 1. The number of aromatic hydroxyl groups is 1. The van der Waals surface area contributed by atoms with E-state index in [2.05, 4.69) is 4.98 Å². The molecule has 2 aromatic rings. The highest BCUT2D eigenvalue weighted by molar-refractivity contribution is 6.16. The van der Waals surface area contributed by atoms with Crippen LogP contribution in [0.1, 0.15) is 15.9 Å². The van der Waals surface area contributed by atoms with E-state index in [9.17, 15) is 23.1 Å². The summed E-state index contributed by atoms with van der Waals surface area (Å²) in [5, 5.41) is 9.34. The number of rotatable bonds is 1. The standard InChI is InChI=1S/C15H8F3NO3/c16-15(17,18)12(8-2-1-5-19-7-8)14-13(21)10-4-3-9(20)6-11(10)22-14/h1-7,20H. The zero-order valence-corrected chi connectivity index (χ0v) is 10.9. The molecule has 0 bridgehead atoms. The van der Waals surface area contributed by atoms with E-state index >= 15 is 0 Å². The highest BCUT2D eigenvalue weighted by Gasteiger charge is 2.43. The van der Waals surface area contributed by atoms with Crippen LogP contribution in [0.15, 0.2) is 48.5 Å². The quantitative estimate of drug-likeness (QED) is 0.821. The molecule has 0 amide bonds. The molecule has 0 saturated carbocycles. The molecule has 1 aliphatic rings. The summed E-state index contributed by atoms with van der Waals surface area (Å²) in [7, 11) is 0. The predicted molar refractivity (Wildman–Crippen MR) is 70.3 cm³/mol. The van der Waals surface area contributed by atoms with Crippen molar-refractivity contribution in [1.29, 1.82) is 0 Å². The maximum absolute atomic E-state index is 13.4. The highest BCUT2D eigenvalue weighted by atomic mass is 19.4. The molecule has 22 heavy (non-hydrogen) atoms. The van der Waals surface area contributed by atoms with Crippen molar-refractivity contribution in [1.82, 2.24) is 4.98 Å². The monoisotopic (exact) mass is 307 g/mol. The summed E-state index contributed by atoms with van der Waals surface area (Å²) in [5.41, 5.74) is -1.49. The van der Waals surface area contributed by atoms with Gasteiger partial charge in [0, 0.05) is 24.0 Å². The van der Waals surface area contributed by atoms with Gasteiger partial charge in [-0.05, 0) is 18.2 Å². The third-order valence-corrected chi connectivity index (χ3v) is 3.09. The summed E-state index contributed by atoms with van der Waals surface area (Å²) >= 11 is 0. The van der Waals surface area contributed by atoms with Gasteiger partial charge in [0.2, 0.25) is 5.78 Å². The van der Waals surface area contributed by atoms with E-state index in [1.165, 1.54) is 30.5 Å².